The summed E-state index contributed by atoms with van der Waals surface area (Å²) in [7, 11) is 0. The predicted octanol–water partition coefficient (Wildman–Crippen LogP) is 3.82. The number of nitrogens with one attached hydrogen (secondary N) is 2. The lowest BCUT2D eigenvalue weighted by atomic mass is 10.1. The van der Waals surface area contributed by atoms with E-state index in [1.54, 1.807) is 12.1 Å². The molecular formula is C20H18N4O3. The SMILES string of the molecule is Cc1ccc(NC(=O)c2ccc(Nc3ccc4c(c3)OCO4)nn2)c(C)c1. The number of carbonyl (C=O) groups is 1. The summed E-state index contributed by atoms with van der Waals surface area (Å²) in [5.74, 6) is 1.61. The van der Waals surface area contributed by atoms with Crippen LogP contribution < -0.4 is 20.1 Å². The Morgan fingerprint density at radius 2 is 1.81 bits per heavy atom. The minimum atomic E-state index is -0.302. The molecule has 0 saturated carbocycles. The zero-order valence-electron chi connectivity index (χ0n) is 14.9. The van der Waals surface area contributed by atoms with Crippen molar-refractivity contribution in [2.45, 2.75) is 13.8 Å². The summed E-state index contributed by atoms with van der Waals surface area (Å²) in [4.78, 5) is 12.4. The molecule has 7 nitrogen and oxygen atoms in total. The zero-order valence-corrected chi connectivity index (χ0v) is 14.9. The first-order valence-electron chi connectivity index (χ1n) is 8.47. The highest BCUT2D eigenvalue weighted by molar-refractivity contribution is 6.03. The Hall–Kier alpha value is -3.61. The number of hydrogen-bond acceptors (Lipinski definition) is 6. The summed E-state index contributed by atoms with van der Waals surface area (Å²) in [5, 5.41) is 14.1. The van der Waals surface area contributed by atoms with E-state index < -0.39 is 0 Å². The van der Waals surface area contributed by atoms with Gasteiger partial charge in [0.1, 0.15) is 0 Å². The second kappa shape index (κ2) is 6.95. The number of anilines is 3. The molecule has 0 atom stereocenters. The number of carbonyl (C=O) groups excluding carboxylic acids is 1. The van der Waals surface area contributed by atoms with Gasteiger partial charge in [0.05, 0.1) is 0 Å². The van der Waals surface area contributed by atoms with Crippen LogP contribution >= 0.6 is 0 Å². The van der Waals surface area contributed by atoms with Crippen LogP contribution in [0.15, 0.2) is 48.5 Å². The Kier molecular flexibility index (Phi) is 4.33. The van der Waals surface area contributed by atoms with Gasteiger partial charge in [-0.1, -0.05) is 17.7 Å². The fourth-order valence-electron chi connectivity index (χ4n) is 2.78. The van der Waals surface area contributed by atoms with E-state index in [4.69, 9.17) is 9.47 Å². The molecular weight excluding hydrogens is 344 g/mol. The highest BCUT2D eigenvalue weighted by Gasteiger charge is 2.14. The highest BCUT2D eigenvalue weighted by atomic mass is 16.7. The van der Waals surface area contributed by atoms with Crippen molar-refractivity contribution >= 4 is 23.1 Å². The van der Waals surface area contributed by atoms with Gasteiger partial charge in [-0.25, -0.2) is 0 Å². The summed E-state index contributed by atoms with van der Waals surface area (Å²) in [5.41, 5.74) is 3.93. The van der Waals surface area contributed by atoms with Gasteiger partial charge in [-0.15, -0.1) is 10.2 Å². The Morgan fingerprint density at radius 3 is 2.59 bits per heavy atom. The lowest BCUT2D eigenvalue weighted by Crippen LogP contribution is -2.15. The Labute approximate surface area is 156 Å². The van der Waals surface area contributed by atoms with Crippen LogP contribution in [0.25, 0.3) is 0 Å². The van der Waals surface area contributed by atoms with Crippen molar-refractivity contribution in [3.8, 4) is 11.5 Å². The van der Waals surface area contributed by atoms with Crippen LogP contribution in [0.4, 0.5) is 17.2 Å². The molecule has 2 aromatic carbocycles. The fourth-order valence-corrected chi connectivity index (χ4v) is 2.78. The number of ether oxygens (including phenoxy) is 2. The summed E-state index contributed by atoms with van der Waals surface area (Å²) in [6, 6.07) is 14.7. The summed E-state index contributed by atoms with van der Waals surface area (Å²) < 4.78 is 10.6. The molecule has 4 rings (SSSR count). The maximum absolute atomic E-state index is 12.4. The van der Waals surface area contributed by atoms with E-state index >= 15 is 0 Å². The van der Waals surface area contributed by atoms with Gasteiger partial charge < -0.3 is 20.1 Å². The average Bonchev–Trinajstić information content (AvgIpc) is 3.12. The minimum absolute atomic E-state index is 0.225. The van der Waals surface area contributed by atoms with Gasteiger partial charge in [0.15, 0.2) is 23.0 Å². The van der Waals surface area contributed by atoms with Crippen molar-refractivity contribution in [3.63, 3.8) is 0 Å². The Bertz CT molecular complexity index is 1000. The third-order valence-electron chi connectivity index (χ3n) is 4.17. The second-order valence-corrected chi connectivity index (χ2v) is 6.27. The number of amides is 1. The predicted molar refractivity (Wildman–Crippen MR) is 102 cm³/mol. The quantitative estimate of drug-likeness (QED) is 0.734. The first-order valence-corrected chi connectivity index (χ1v) is 8.47. The van der Waals surface area contributed by atoms with E-state index in [0.29, 0.717) is 17.3 Å². The van der Waals surface area contributed by atoms with Gasteiger partial charge in [0.2, 0.25) is 6.79 Å². The number of benzene rings is 2. The number of fused-ring (bicyclic) bond motifs is 1. The number of aromatic nitrogens is 2. The van der Waals surface area contributed by atoms with Gasteiger partial charge in [-0.3, -0.25) is 4.79 Å². The highest BCUT2D eigenvalue weighted by Crippen LogP contribution is 2.34. The molecule has 0 aliphatic carbocycles. The smallest absolute Gasteiger partial charge is 0.276 e. The molecule has 3 aromatic rings. The van der Waals surface area contributed by atoms with E-state index in [2.05, 4.69) is 20.8 Å². The topological polar surface area (TPSA) is 85.4 Å². The normalized spacial score (nSPS) is 11.9. The standard InChI is InChI=1S/C20H18N4O3/c1-12-3-5-15(13(2)9-12)22-20(25)16-6-8-19(24-23-16)21-14-4-7-17-18(10-14)27-11-26-17/h3-10H,11H2,1-2H3,(H,21,24)(H,22,25). The van der Waals surface area contributed by atoms with Crippen LogP contribution in [0.3, 0.4) is 0 Å². The minimum Gasteiger partial charge on any atom is -0.454 e. The molecule has 1 amide bonds. The molecule has 1 aliphatic heterocycles. The van der Waals surface area contributed by atoms with Crippen LogP contribution in [0, 0.1) is 13.8 Å². The van der Waals surface area contributed by atoms with Crippen molar-refractivity contribution in [1.29, 1.82) is 0 Å². The molecule has 0 bridgehead atoms. The van der Waals surface area contributed by atoms with E-state index in [1.807, 2.05) is 50.2 Å². The first kappa shape index (κ1) is 16.8. The lowest BCUT2D eigenvalue weighted by Gasteiger charge is -2.09. The molecule has 0 unspecified atom stereocenters. The van der Waals surface area contributed by atoms with E-state index in [-0.39, 0.29) is 18.4 Å². The van der Waals surface area contributed by atoms with Crippen LogP contribution in [0.1, 0.15) is 21.6 Å². The average molecular weight is 362 g/mol. The van der Waals surface area contributed by atoms with Gasteiger partial charge >= 0.3 is 0 Å². The third kappa shape index (κ3) is 3.67. The molecule has 0 fully saturated rings. The van der Waals surface area contributed by atoms with Crippen LogP contribution in [0.5, 0.6) is 11.5 Å². The Morgan fingerprint density at radius 1 is 0.963 bits per heavy atom. The first-order chi connectivity index (χ1) is 13.1. The molecule has 7 heteroatoms. The second-order valence-electron chi connectivity index (χ2n) is 6.27. The molecule has 27 heavy (non-hydrogen) atoms. The van der Waals surface area contributed by atoms with Crippen LogP contribution in [-0.2, 0) is 0 Å². The molecule has 0 saturated heterocycles. The number of nitrogens with zero attached hydrogens (tertiary/aromatic N) is 2. The van der Waals surface area contributed by atoms with E-state index in [0.717, 1.165) is 22.5 Å². The third-order valence-corrected chi connectivity index (χ3v) is 4.17. The summed E-state index contributed by atoms with van der Waals surface area (Å²) in [6.07, 6.45) is 0. The Balaban J connectivity index is 1.44. The number of hydrogen-bond donors (Lipinski definition) is 2. The van der Waals surface area contributed by atoms with Gasteiger partial charge in [0, 0.05) is 17.4 Å². The van der Waals surface area contributed by atoms with Crippen LogP contribution in [0.2, 0.25) is 0 Å². The van der Waals surface area contributed by atoms with Gasteiger partial charge in [0.25, 0.3) is 5.91 Å². The van der Waals surface area contributed by atoms with E-state index in [9.17, 15) is 4.79 Å². The maximum atomic E-state index is 12.4. The molecule has 136 valence electrons. The maximum Gasteiger partial charge on any atom is 0.276 e. The molecule has 0 radical (unpaired) electrons. The van der Waals surface area contributed by atoms with Crippen molar-refractivity contribution in [1.82, 2.24) is 10.2 Å². The fraction of sp³-hybridized carbons (Fsp3) is 0.150. The van der Waals surface area contributed by atoms with Gasteiger partial charge in [-0.2, -0.15) is 0 Å². The molecule has 1 aromatic heterocycles. The van der Waals surface area contributed by atoms with E-state index in [1.165, 1.54) is 0 Å². The van der Waals surface area contributed by atoms with Gasteiger partial charge in [-0.05, 0) is 49.7 Å². The van der Waals surface area contributed by atoms with Crippen molar-refractivity contribution in [2.75, 3.05) is 17.4 Å². The van der Waals surface area contributed by atoms with Crippen LogP contribution in [-0.4, -0.2) is 22.9 Å². The summed E-state index contributed by atoms with van der Waals surface area (Å²) >= 11 is 0. The monoisotopic (exact) mass is 362 g/mol. The lowest BCUT2D eigenvalue weighted by molar-refractivity contribution is 0.102. The largest absolute Gasteiger partial charge is 0.454 e. The molecule has 2 N–H and O–H groups in total. The molecule has 2 heterocycles. The van der Waals surface area contributed by atoms with Crippen molar-refractivity contribution in [3.05, 3.63) is 65.4 Å². The molecule has 1 aliphatic rings. The van der Waals surface area contributed by atoms with Crippen molar-refractivity contribution < 1.29 is 14.3 Å². The number of rotatable bonds is 4. The molecule has 0 spiro atoms. The van der Waals surface area contributed by atoms with Crippen molar-refractivity contribution in [2.24, 2.45) is 0 Å². The summed E-state index contributed by atoms with van der Waals surface area (Å²) in [6.45, 7) is 4.19. The zero-order chi connectivity index (χ0) is 18.8. The number of aryl methyl sites for hydroxylation is 2.